The molecular formula is C17H19N3O2S. The molecule has 0 amide bonds. The second-order valence-corrected chi connectivity index (χ2v) is 7.41. The molecule has 2 aromatic carbocycles. The molecule has 0 saturated heterocycles. The van der Waals surface area contributed by atoms with Gasteiger partial charge in [0.15, 0.2) is 0 Å². The van der Waals surface area contributed by atoms with Crippen LogP contribution in [0.2, 0.25) is 0 Å². The quantitative estimate of drug-likeness (QED) is 0.782. The second kappa shape index (κ2) is 6.14. The fraction of sp³-hybridized carbons (Fsp3) is 0.235. The molecule has 0 bridgehead atoms. The number of nitrogens with one attached hydrogen (secondary N) is 1. The maximum Gasteiger partial charge on any atom is 0.240 e. The molecule has 1 aromatic heterocycles. The number of aromatic nitrogens is 2. The van der Waals surface area contributed by atoms with Gasteiger partial charge in [0.1, 0.15) is 0 Å². The lowest BCUT2D eigenvalue weighted by Crippen LogP contribution is -2.26. The number of imidazole rings is 1. The summed E-state index contributed by atoms with van der Waals surface area (Å²) in [5.74, 6) is 0. The Kier molecular flexibility index (Phi) is 4.19. The van der Waals surface area contributed by atoms with Crippen LogP contribution in [-0.4, -0.2) is 24.5 Å². The third-order valence-electron chi connectivity index (χ3n) is 3.80. The second-order valence-electron chi connectivity index (χ2n) is 5.64. The first-order chi connectivity index (χ1) is 11.0. The van der Waals surface area contributed by atoms with Crippen molar-refractivity contribution in [3.8, 4) is 0 Å². The molecule has 0 radical (unpaired) electrons. The lowest BCUT2D eigenvalue weighted by molar-refractivity contribution is 0.581. The van der Waals surface area contributed by atoms with Crippen molar-refractivity contribution in [2.45, 2.75) is 18.2 Å². The SMILES string of the molecule is Cc1cccc(S(=O)(=O)NCCc2ccc3c(c2)ncn3C)c1. The highest BCUT2D eigenvalue weighted by Gasteiger charge is 2.13. The number of hydrogen-bond donors (Lipinski definition) is 1. The summed E-state index contributed by atoms with van der Waals surface area (Å²) in [4.78, 5) is 4.62. The summed E-state index contributed by atoms with van der Waals surface area (Å²) in [5, 5.41) is 0. The van der Waals surface area contributed by atoms with Crippen LogP contribution in [0, 0.1) is 6.92 Å². The molecule has 0 aliphatic heterocycles. The summed E-state index contributed by atoms with van der Waals surface area (Å²) in [6.07, 6.45) is 2.40. The summed E-state index contributed by atoms with van der Waals surface area (Å²) < 4.78 is 29.1. The highest BCUT2D eigenvalue weighted by atomic mass is 32.2. The number of aryl methyl sites for hydroxylation is 2. The molecule has 0 saturated carbocycles. The maximum atomic E-state index is 12.3. The van der Waals surface area contributed by atoms with Crippen molar-refractivity contribution in [2.24, 2.45) is 7.05 Å². The molecule has 0 aliphatic rings. The first kappa shape index (κ1) is 15.7. The summed E-state index contributed by atoms with van der Waals surface area (Å²) in [5.41, 5.74) is 3.97. The van der Waals surface area contributed by atoms with Crippen LogP contribution < -0.4 is 4.72 Å². The summed E-state index contributed by atoms with van der Waals surface area (Å²) in [6.45, 7) is 2.23. The molecule has 6 heteroatoms. The Morgan fingerprint density at radius 3 is 2.78 bits per heavy atom. The van der Waals surface area contributed by atoms with Gasteiger partial charge >= 0.3 is 0 Å². The predicted molar refractivity (Wildman–Crippen MR) is 90.8 cm³/mol. The van der Waals surface area contributed by atoms with Crippen molar-refractivity contribution in [1.29, 1.82) is 0 Å². The van der Waals surface area contributed by atoms with Crippen molar-refractivity contribution in [3.05, 3.63) is 59.9 Å². The highest BCUT2D eigenvalue weighted by molar-refractivity contribution is 7.89. The summed E-state index contributed by atoms with van der Waals surface area (Å²) in [6, 6.07) is 12.9. The van der Waals surface area contributed by atoms with E-state index in [0.29, 0.717) is 17.9 Å². The van der Waals surface area contributed by atoms with Gasteiger partial charge in [-0.1, -0.05) is 18.2 Å². The molecule has 0 fully saturated rings. The zero-order valence-corrected chi connectivity index (χ0v) is 14.0. The Hall–Kier alpha value is -2.18. The maximum absolute atomic E-state index is 12.3. The predicted octanol–water partition coefficient (Wildman–Crippen LogP) is 2.40. The Morgan fingerprint density at radius 2 is 2.00 bits per heavy atom. The molecule has 120 valence electrons. The largest absolute Gasteiger partial charge is 0.334 e. The Labute approximate surface area is 136 Å². The monoisotopic (exact) mass is 329 g/mol. The van der Waals surface area contributed by atoms with E-state index in [4.69, 9.17) is 0 Å². The number of hydrogen-bond acceptors (Lipinski definition) is 3. The van der Waals surface area contributed by atoms with Crippen LogP contribution in [0.25, 0.3) is 11.0 Å². The summed E-state index contributed by atoms with van der Waals surface area (Å²) in [7, 11) is -1.51. The van der Waals surface area contributed by atoms with Gasteiger partial charge in [0, 0.05) is 13.6 Å². The number of fused-ring (bicyclic) bond motifs is 1. The van der Waals surface area contributed by atoms with E-state index in [1.54, 1.807) is 24.5 Å². The van der Waals surface area contributed by atoms with Crippen LogP contribution >= 0.6 is 0 Å². The van der Waals surface area contributed by atoms with E-state index in [0.717, 1.165) is 22.2 Å². The summed E-state index contributed by atoms with van der Waals surface area (Å²) >= 11 is 0. The minimum Gasteiger partial charge on any atom is -0.334 e. The van der Waals surface area contributed by atoms with E-state index in [-0.39, 0.29) is 0 Å². The topological polar surface area (TPSA) is 64.0 Å². The van der Waals surface area contributed by atoms with Crippen molar-refractivity contribution < 1.29 is 8.42 Å². The molecule has 0 aliphatic carbocycles. The first-order valence-electron chi connectivity index (χ1n) is 7.42. The molecule has 0 atom stereocenters. The van der Waals surface area contributed by atoms with E-state index < -0.39 is 10.0 Å². The average Bonchev–Trinajstić information content (AvgIpc) is 2.88. The van der Waals surface area contributed by atoms with E-state index in [1.165, 1.54) is 0 Å². The fourth-order valence-corrected chi connectivity index (χ4v) is 3.67. The number of sulfonamides is 1. The third-order valence-corrected chi connectivity index (χ3v) is 5.25. The standard InChI is InChI=1S/C17H19N3O2S/c1-13-4-3-5-15(10-13)23(21,22)19-9-8-14-6-7-17-16(11-14)18-12-20(17)2/h3-7,10-12,19H,8-9H2,1-2H3. The smallest absolute Gasteiger partial charge is 0.240 e. The zero-order valence-electron chi connectivity index (χ0n) is 13.2. The number of rotatable bonds is 5. The van der Waals surface area contributed by atoms with E-state index in [1.807, 2.05) is 42.8 Å². The normalized spacial score (nSPS) is 11.9. The van der Waals surface area contributed by atoms with Gasteiger partial charge in [0.25, 0.3) is 0 Å². The molecule has 0 spiro atoms. The molecule has 5 nitrogen and oxygen atoms in total. The molecule has 3 aromatic rings. The number of benzene rings is 2. The van der Waals surface area contributed by atoms with Crippen molar-refractivity contribution in [3.63, 3.8) is 0 Å². The number of nitrogens with zero attached hydrogens (tertiary/aromatic N) is 2. The Bertz CT molecular complexity index is 945. The van der Waals surface area contributed by atoms with Gasteiger partial charge in [-0.2, -0.15) is 0 Å². The fourth-order valence-electron chi connectivity index (χ4n) is 2.53. The lowest BCUT2D eigenvalue weighted by atomic mass is 10.1. The van der Waals surface area contributed by atoms with Crippen LogP contribution in [0.3, 0.4) is 0 Å². The van der Waals surface area contributed by atoms with Crippen molar-refractivity contribution in [2.75, 3.05) is 6.54 Å². The molecular weight excluding hydrogens is 310 g/mol. The zero-order chi connectivity index (χ0) is 16.4. The van der Waals surface area contributed by atoms with Crippen molar-refractivity contribution >= 4 is 21.1 Å². The molecule has 3 rings (SSSR count). The Morgan fingerprint density at radius 1 is 1.17 bits per heavy atom. The van der Waals surface area contributed by atoms with E-state index in [9.17, 15) is 8.42 Å². The lowest BCUT2D eigenvalue weighted by Gasteiger charge is -2.07. The van der Waals surface area contributed by atoms with E-state index in [2.05, 4.69) is 9.71 Å². The van der Waals surface area contributed by atoms with Crippen molar-refractivity contribution in [1.82, 2.24) is 14.3 Å². The minimum absolute atomic E-state index is 0.303. The van der Waals surface area contributed by atoms with Crippen LogP contribution in [0.15, 0.2) is 53.7 Å². The van der Waals surface area contributed by atoms with Gasteiger partial charge in [-0.3, -0.25) is 0 Å². The van der Waals surface area contributed by atoms with Gasteiger partial charge < -0.3 is 4.57 Å². The Balaban J connectivity index is 1.68. The third kappa shape index (κ3) is 3.43. The minimum atomic E-state index is -3.46. The average molecular weight is 329 g/mol. The highest BCUT2D eigenvalue weighted by Crippen LogP contribution is 2.15. The van der Waals surface area contributed by atoms with Gasteiger partial charge in [0.2, 0.25) is 10.0 Å². The van der Waals surface area contributed by atoms with Crippen LogP contribution in [0.1, 0.15) is 11.1 Å². The first-order valence-corrected chi connectivity index (χ1v) is 8.90. The van der Waals surface area contributed by atoms with Crippen LogP contribution in [0.5, 0.6) is 0 Å². The molecule has 1 heterocycles. The molecule has 23 heavy (non-hydrogen) atoms. The van der Waals surface area contributed by atoms with Gasteiger partial charge in [-0.15, -0.1) is 0 Å². The van der Waals surface area contributed by atoms with E-state index >= 15 is 0 Å². The molecule has 0 unspecified atom stereocenters. The van der Waals surface area contributed by atoms with Gasteiger partial charge in [0.05, 0.1) is 22.3 Å². The van der Waals surface area contributed by atoms with Gasteiger partial charge in [-0.05, 0) is 48.7 Å². The van der Waals surface area contributed by atoms with Crippen LogP contribution in [0.4, 0.5) is 0 Å². The van der Waals surface area contributed by atoms with Gasteiger partial charge in [-0.25, -0.2) is 18.1 Å². The van der Waals surface area contributed by atoms with Crippen LogP contribution in [-0.2, 0) is 23.5 Å². The molecule has 1 N–H and O–H groups in total.